The normalized spacial score (nSPS) is 12.8. The molecule has 10 aromatic carbocycles. The average Bonchev–Trinajstić information content (AvgIpc) is 4.05. The predicted molar refractivity (Wildman–Crippen MR) is 278 cm³/mol. The lowest BCUT2D eigenvalue weighted by Gasteiger charge is -2.32. The van der Waals surface area contributed by atoms with Crippen molar-refractivity contribution in [2.45, 2.75) is 5.41 Å². The molecule has 0 saturated heterocycles. The van der Waals surface area contributed by atoms with Gasteiger partial charge in [0.15, 0.2) is 5.82 Å². The van der Waals surface area contributed by atoms with Gasteiger partial charge >= 0.3 is 0 Å². The maximum Gasteiger partial charge on any atom is 0.160 e. The number of rotatable bonds is 6. The lowest BCUT2D eigenvalue weighted by molar-refractivity contribution is 0.669. The Bertz CT molecular complexity index is 3910. The second kappa shape index (κ2) is 15.1. The van der Waals surface area contributed by atoms with Crippen molar-refractivity contribution in [2.24, 2.45) is 0 Å². The smallest absolute Gasteiger partial charge is 0.160 e. The quantitative estimate of drug-likeness (QED) is 0.167. The van der Waals surface area contributed by atoms with E-state index in [4.69, 9.17) is 14.4 Å². The fourth-order valence-electron chi connectivity index (χ4n) is 11.3. The number of para-hydroxylation sites is 1. The van der Waals surface area contributed by atoms with Gasteiger partial charge in [0.1, 0.15) is 11.2 Å². The van der Waals surface area contributed by atoms with Crippen LogP contribution in [-0.4, -0.2) is 9.97 Å². The first-order chi connectivity index (χ1) is 33.7. The molecular formula is C65H40N2O. The lowest BCUT2D eigenvalue weighted by atomic mass is 9.68. The van der Waals surface area contributed by atoms with Crippen molar-refractivity contribution in [3.63, 3.8) is 0 Å². The molecular weight excluding hydrogens is 825 g/mol. The van der Waals surface area contributed by atoms with Crippen LogP contribution in [0.25, 0.3) is 111 Å². The second-order valence-corrected chi connectivity index (χ2v) is 18.0. The summed E-state index contributed by atoms with van der Waals surface area (Å²) < 4.78 is 6.25. The average molecular weight is 865 g/mol. The Hall–Kier alpha value is -8.92. The minimum absolute atomic E-state index is 0.467. The van der Waals surface area contributed by atoms with E-state index < -0.39 is 5.41 Å². The van der Waals surface area contributed by atoms with E-state index in [0.29, 0.717) is 5.82 Å². The van der Waals surface area contributed by atoms with Crippen molar-refractivity contribution in [2.75, 3.05) is 0 Å². The standard InChI is InChI=1S/C65H40N2O/c1-3-17-41(18-4-1)46-36-47(43-33-34-62-55(39-43)53-26-10-14-32-61(53)68-62)38-48(37-46)60-40-59(66-64(67-60)42-19-5-2-6-20-42)45-22-15-21-44(35-45)49-27-16-28-54-52-25-9-13-31-58(52)65(63(49)54)56-29-11-7-23-50(56)51-24-8-12-30-57(51)65/h1-40H. The van der Waals surface area contributed by atoms with Crippen LogP contribution in [-0.2, 0) is 5.41 Å². The van der Waals surface area contributed by atoms with Gasteiger partial charge in [0.25, 0.3) is 0 Å². The molecule has 0 saturated carbocycles. The summed E-state index contributed by atoms with van der Waals surface area (Å²) >= 11 is 0. The van der Waals surface area contributed by atoms with Crippen molar-refractivity contribution in [1.29, 1.82) is 0 Å². The van der Waals surface area contributed by atoms with Crippen molar-refractivity contribution in [3.05, 3.63) is 265 Å². The van der Waals surface area contributed by atoms with Crippen LogP contribution in [0, 0.1) is 0 Å². The molecule has 2 aromatic heterocycles. The van der Waals surface area contributed by atoms with Crippen LogP contribution in [0.3, 0.4) is 0 Å². The Morgan fingerprint density at radius 2 is 0.765 bits per heavy atom. The Morgan fingerprint density at radius 3 is 1.49 bits per heavy atom. The van der Waals surface area contributed by atoms with Gasteiger partial charge in [-0.1, -0.05) is 194 Å². The molecule has 0 fully saturated rings. The number of furan rings is 1. The van der Waals surface area contributed by atoms with E-state index in [1.165, 1.54) is 50.1 Å². The highest BCUT2D eigenvalue weighted by Crippen LogP contribution is 2.64. The molecule has 12 aromatic rings. The van der Waals surface area contributed by atoms with Crippen molar-refractivity contribution in [3.8, 4) is 89.5 Å². The van der Waals surface area contributed by atoms with Crippen LogP contribution in [0.15, 0.2) is 247 Å². The van der Waals surface area contributed by atoms with Gasteiger partial charge in [0.2, 0.25) is 0 Å². The minimum Gasteiger partial charge on any atom is -0.456 e. The summed E-state index contributed by atoms with van der Waals surface area (Å²) in [7, 11) is 0. The van der Waals surface area contributed by atoms with Gasteiger partial charge in [-0.2, -0.15) is 0 Å². The van der Waals surface area contributed by atoms with Crippen molar-refractivity contribution in [1.82, 2.24) is 9.97 Å². The lowest BCUT2D eigenvalue weighted by Crippen LogP contribution is -2.26. The molecule has 2 aliphatic rings. The summed E-state index contributed by atoms with van der Waals surface area (Å²) in [6.07, 6.45) is 0. The summed E-state index contributed by atoms with van der Waals surface area (Å²) in [5, 5.41) is 2.21. The molecule has 0 aliphatic heterocycles. The Balaban J connectivity index is 0.961. The van der Waals surface area contributed by atoms with Gasteiger partial charge in [-0.05, 0) is 126 Å². The molecule has 0 amide bonds. The summed E-state index contributed by atoms with van der Waals surface area (Å²) in [6, 6.07) is 87.6. The molecule has 316 valence electrons. The van der Waals surface area contributed by atoms with Gasteiger partial charge in [0, 0.05) is 27.5 Å². The first kappa shape index (κ1) is 38.4. The molecule has 0 atom stereocenters. The monoisotopic (exact) mass is 864 g/mol. The highest BCUT2D eigenvalue weighted by Gasteiger charge is 2.52. The maximum absolute atomic E-state index is 6.25. The molecule has 0 unspecified atom stereocenters. The SMILES string of the molecule is c1ccc(-c2cc(-c3ccc4oc5ccccc5c4c3)cc(-c3cc(-c4cccc(-c5cccc6c5C5(c7ccccc7-c7ccccc75)c5ccccc5-6)c4)nc(-c4ccccc4)n3)c2)cc1. The third kappa shape index (κ3) is 5.79. The van der Waals surface area contributed by atoms with Crippen LogP contribution >= 0.6 is 0 Å². The van der Waals surface area contributed by atoms with Crippen LogP contribution in [0.2, 0.25) is 0 Å². The summed E-state index contributed by atoms with van der Waals surface area (Å²) in [6.45, 7) is 0. The van der Waals surface area contributed by atoms with Gasteiger partial charge in [-0.3, -0.25) is 0 Å². The number of aromatic nitrogens is 2. The summed E-state index contributed by atoms with van der Waals surface area (Å²) in [5.41, 5.74) is 23.3. The third-order valence-electron chi connectivity index (χ3n) is 14.3. The Kier molecular flexibility index (Phi) is 8.50. The van der Waals surface area contributed by atoms with Crippen molar-refractivity contribution >= 4 is 21.9 Å². The van der Waals surface area contributed by atoms with E-state index in [2.05, 4.69) is 224 Å². The molecule has 1 spiro atoms. The Morgan fingerprint density at radius 1 is 0.279 bits per heavy atom. The third-order valence-corrected chi connectivity index (χ3v) is 14.3. The first-order valence-electron chi connectivity index (χ1n) is 23.3. The molecule has 2 aliphatic carbocycles. The fourth-order valence-corrected chi connectivity index (χ4v) is 11.3. The number of benzene rings is 10. The van der Waals surface area contributed by atoms with E-state index in [-0.39, 0.29) is 0 Å². The number of nitrogens with zero attached hydrogens (tertiary/aromatic N) is 2. The largest absolute Gasteiger partial charge is 0.456 e. The first-order valence-corrected chi connectivity index (χ1v) is 23.3. The summed E-state index contributed by atoms with van der Waals surface area (Å²) in [4.78, 5) is 10.7. The van der Waals surface area contributed by atoms with E-state index in [9.17, 15) is 0 Å². The fraction of sp³-hybridized carbons (Fsp3) is 0.0154. The van der Waals surface area contributed by atoms with E-state index >= 15 is 0 Å². The highest BCUT2D eigenvalue weighted by molar-refractivity contribution is 6.06. The molecule has 0 N–H and O–H groups in total. The van der Waals surface area contributed by atoms with E-state index in [1.54, 1.807) is 0 Å². The van der Waals surface area contributed by atoms with Gasteiger partial charge in [-0.25, -0.2) is 9.97 Å². The second-order valence-electron chi connectivity index (χ2n) is 18.0. The predicted octanol–water partition coefficient (Wildman–Crippen LogP) is 16.7. The maximum atomic E-state index is 6.25. The summed E-state index contributed by atoms with van der Waals surface area (Å²) in [5.74, 6) is 0.677. The van der Waals surface area contributed by atoms with E-state index in [1.807, 2.05) is 18.2 Å². The molecule has 0 radical (unpaired) electrons. The zero-order chi connectivity index (χ0) is 44.8. The topological polar surface area (TPSA) is 38.9 Å². The minimum atomic E-state index is -0.467. The molecule has 68 heavy (non-hydrogen) atoms. The molecule has 14 rings (SSSR count). The van der Waals surface area contributed by atoms with Crippen LogP contribution < -0.4 is 0 Å². The van der Waals surface area contributed by atoms with Crippen LogP contribution in [0.1, 0.15) is 22.3 Å². The number of hydrogen-bond acceptors (Lipinski definition) is 3. The number of fused-ring (bicyclic) bond motifs is 13. The molecule has 2 heterocycles. The van der Waals surface area contributed by atoms with Crippen LogP contribution in [0.5, 0.6) is 0 Å². The van der Waals surface area contributed by atoms with E-state index in [0.717, 1.165) is 77.8 Å². The molecule has 3 nitrogen and oxygen atoms in total. The molecule has 3 heteroatoms. The van der Waals surface area contributed by atoms with Crippen molar-refractivity contribution < 1.29 is 4.42 Å². The molecule has 0 bridgehead atoms. The van der Waals surface area contributed by atoms with Crippen LogP contribution in [0.4, 0.5) is 0 Å². The van der Waals surface area contributed by atoms with Gasteiger partial charge < -0.3 is 4.42 Å². The Labute approximate surface area is 394 Å². The zero-order valence-corrected chi connectivity index (χ0v) is 36.9. The number of hydrogen-bond donors (Lipinski definition) is 0. The zero-order valence-electron chi connectivity index (χ0n) is 36.9. The van der Waals surface area contributed by atoms with Gasteiger partial charge in [-0.15, -0.1) is 0 Å². The highest BCUT2D eigenvalue weighted by atomic mass is 16.3. The van der Waals surface area contributed by atoms with Gasteiger partial charge in [0.05, 0.1) is 16.8 Å².